The summed E-state index contributed by atoms with van der Waals surface area (Å²) in [5.74, 6) is 3.23. The highest BCUT2D eigenvalue weighted by Gasteiger charge is 2.07. The quantitative estimate of drug-likeness (QED) is 0.571. The highest BCUT2D eigenvalue weighted by molar-refractivity contribution is 5.79. The van der Waals surface area contributed by atoms with Crippen molar-refractivity contribution >= 4 is 5.96 Å². The minimum Gasteiger partial charge on any atom is -0.494 e. The second kappa shape index (κ2) is 9.71. The third kappa shape index (κ3) is 5.81. The van der Waals surface area contributed by atoms with Crippen LogP contribution in [-0.4, -0.2) is 29.2 Å². The van der Waals surface area contributed by atoms with Gasteiger partial charge in [0, 0.05) is 38.1 Å². The second-order valence-electron chi connectivity index (χ2n) is 6.21. The van der Waals surface area contributed by atoms with E-state index in [4.69, 9.17) is 4.74 Å². The van der Waals surface area contributed by atoms with Crippen LogP contribution >= 0.6 is 0 Å². The number of aromatic nitrogens is 2. The van der Waals surface area contributed by atoms with E-state index in [1.165, 1.54) is 0 Å². The minimum absolute atomic E-state index is 0.584. The number of aliphatic imine (C=N–C) groups is 1. The largest absolute Gasteiger partial charge is 0.494 e. The van der Waals surface area contributed by atoms with E-state index in [9.17, 15) is 0 Å². The Bertz CT molecular complexity index is 678. The molecule has 2 N–H and O–H groups in total. The van der Waals surface area contributed by atoms with Crippen LogP contribution in [0.25, 0.3) is 0 Å². The van der Waals surface area contributed by atoms with Gasteiger partial charge >= 0.3 is 0 Å². The van der Waals surface area contributed by atoms with Crippen LogP contribution < -0.4 is 15.4 Å². The lowest BCUT2D eigenvalue weighted by Gasteiger charge is -2.15. The number of ether oxygens (including phenoxy) is 1. The molecule has 0 radical (unpaired) electrons. The molecule has 2 aromatic rings. The normalized spacial score (nSPS) is 11.6. The van der Waals surface area contributed by atoms with E-state index in [0.717, 1.165) is 29.6 Å². The summed E-state index contributed by atoms with van der Waals surface area (Å²) in [6.45, 7) is 9.29. The molecule has 2 rings (SSSR count). The van der Waals surface area contributed by atoms with Crippen molar-refractivity contribution in [1.82, 2.24) is 20.2 Å². The van der Waals surface area contributed by atoms with Crippen molar-refractivity contribution in [3.63, 3.8) is 0 Å². The van der Waals surface area contributed by atoms with Crippen molar-refractivity contribution in [1.29, 1.82) is 0 Å². The summed E-state index contributed by atoms with van der Waals surface area (Å²) in [5.41, 5.74) is 1.11. The predicted molar refractivity (Wildman–Crippen MR) is 102 cm³/mol. The Morgan fingerprint density at radius 1 is 1.24 bits per heavy atom. The molecule has 0 saturated carbocycles. The number of hydrogen-bond acceptors (Lipinski definition) is 3. The predicted octanol–water partition coefficient (Wildman–Crippen LogP) is 2.80. The molecular weight excluding hydrogens is 314 g/mol. The molecule has 6 heteroatoms. The minimum atomic E-state index is 0.584. The van der Waals surface area contributed by atoms with Crippen LogP contribution in [0.1, 0.15) is 32.2 Å². The summed E-state index contributed by atoms with van der Waals surface area (Å²) in [7, 11) is 1.77. The van der Waals surface area contributed by atoms with Crippen LogP contribution in [0.15, 0.2) is 41.7 Å². The first kappa shape index (κ1) is 18.8. The highest BCUT2D eigenvalue weighted by Crippen LogP contribution is 2.17. The average molecular weight is 343 g/mol. The smallest absolute Gasteiger partial charge is 0.191 e. The number of nitrogens with zero attached hydrogens (tertiary/aromatic N) is 3. The van der Waals surface area contributed by atoms with Gasteiger partial charge in [-0.2, -0.15) is 0 Å². The molecule has 0 spiro atoms. The summed E-state index contributed by atoms with van der Waals surface area (Å²) >= 11 is 0. The summed E-state index contributed by atoms with van der Waals surface area (Å²) in [6, 6.07) is 8.04. The number of imidazole rings is 1. The van der Waals surface area contributed by atoms with Gasteiger partial charge in [0.25, 0.3) is 0 Å². The third-order valence-corrected chi connectivity index (χ3v) is 3.72. The van der Waals surface area contributed by atoms with Gasteiger partial charge in [-0.3, -0.25) is 4.99 Å². The summed E-state index contributed by atoms with van der Waals surface area (Å²) in [4.78, 5) is 8.72. The molecule has 0 saturated heterocycles. The lowest BCUT2D eigenvalue weighted by atomic mass is 10.2. The van der Waals surface area contributed by atoms with Crippen LogP contribution in [0.4, 0.5) is 0 Å². The molecule has 1 aromatic heterocycles. The van der Waals surface area contributed by atoms with E-state index in [-0.39, 0.29) is 0 Å². The van der Waals surface area contributed by atoms with E-state index in [2.05, 4.69) is 45.1 Å². The lowest BCUT2D eigenvalue weighted by Crippen LogP contribution is -2.37. The number of hydrogen-bond donors (Lipinski definition) is 2. The van der Waals surface area contributed by atoms with Gasteiger partial charge in [0.2, 0.25) is 0 Å². The average Bonchev–Trinajstić information content (AvgIpc) is 3.03. The third-order valence-electron chi connectivity index (χ3n) is 3.72. The van der Waals surface area contributed by atoms with Crippen LogP contribution in [0.5, 0.6) is 5.75 Å². The van der Waals surface area contributed by atoms with Gasteiger partial charge in [0.15, 0.2) is 5.96 Å². The molecule has 0 aliphatic heterocycles. The summed E-state index contributed by atoms with van der Waals surface area (Å²) < 4.78 is 7.84. The SMILES string of the molecule is CCOc1ccccc1CNC(=NC)NCc1nccn1CC(C)C. The Labute approximate surface area is 150 Å². The van der Waals surface area contributed by atoms with Gasteiger partial charge in [-0.25, -0.2) is 4.98 Å². The van der Waals surface area contributed by atoms with Crippen LogP contribution in [-0.2, 0) is 19.6 Å². The molecule has 25 heavy (non-hydrogen) atoms. The number of para-hydroxylation sites is 1. The van der Waals surface area contributed by atoms with Crippen LogP contribution in [0, 0.1) is 5.92 Å². The first-order valence-corrected chi connectivity index (χ1v) is 8.79. The fourth-order valence-electron chi connectivity index (χ4n) is 2.58. The van der Waals surface area contributed by atoms with E-state index in [1.54, 1.807) is 7.05 Å². The monoisotopic (exact) mass is 343 g/mol. The first-order chi connectivity index (χ1) is 12.1. The van der Waals surface area contributed by atoms with Gasteiger partial charge < -0.3 is 19.9 Å². The van der Waals surface area contributed by atoms with Crippen molar-refractivity contribution in [3.8, 4) is 5.75 Å². The Hall–Kier alpha value is -2.50. The van der Waals surface area contributed by atoms with Crippen molar-refractivity contribution in [3.05, 3.63) is 48.0 Å². The molecule has 0 aliphatic carbocycles. The molecule has 0 amide bonds. The van der Waals surface area contributed by atoms with Crippen molar-refractivity contribution in [2.45, 2.75) is 40.4 Å². The van der Waals surface area contributed by atoms with E-state index in [1.807, 2.05) is 37.5 Å². The molecule has 0 fully saturated rings. The van der Waals surface area contributed by atoms with E-state index < -0.39 is 0 Å². The maximum Gasteiger partial charge on any atom is 0.191 e. The summed E-state index contributed by atoms with van der Waals surface area (Å²) in [6.07, 6.45) is 3.86. The van der Waals surface area contributed by atoms with E-state index >= 15 is 0 Å². The number of guanidine groups is 1. The fourth-order valence-corrected chi connectivity index (χ4v) is 2.58. The van der Waals surface area contributed by atoms with Gasteiger partial charge in [-0.1, -0.05) is 32.0 Å². The maximum atomic E-state index is 5.66. The Balaban J connectivity index is 1.91. The Kier molecular flexibility index (Phi) is 7.32. The zero-order valence-corrected chi connectivity index (χ0v) is 15.6. The van der Waals surface area contributed by atoms with Crippen LogP contribution in [0.3, 0.4) is 0 Å². The lowest BCUT2D eigenvalue weighted by molar-refractivity contribution is 0.336. The number of nitrogens with one attached hydrogen (secondary N) is 2. The molecule has 0 bridgehead atoms. The van der Waals surface area contributed by atoms with Gasteiger partial charge in [0.1, 0.15) is 11.6 Å². The van der Waals surface area contributed by atoms with Gasteiger partial charge in [-0.05, 0) is 18.9 Å². The zero-order chi connectivity index (χ0) is 18.1. The van der Waals surface area contributed by atoms with Crippen molar-refractivity contribution in [2.75, 3.05) is 13.7 Å². The van der Waals surface area contributed by atoms with Gasteiger partial charge in [-0.15, -0.1) is 0 Å². The van der Waals surface area contributed by atoms with E-state index in [0.29, 0.717) is 25.6 Å². The van der Waals surface area contributed by atoms with Crippen molar-refractivity contribution < 1.29 is 4.74 Å². The van der Waals surface area contributed by atoms with Crippen molar-refractivity contribution in [2.24, 2.45) is 10.9 Å². The number of rotatable bonds is 8. The molecule has 0 aliphatic rings. The Morgan fingerprint density at radius 3 is 2.72 bits per heavy atom. The maximum absolute atomic E-state index is 5.66. The highest BCUT2D eigenvalue weighted by atomic mass is 16.5. The zero-order valence-electron chi connectivity index (χ0n) is 15.6. The molecular formula is C19H29N5O. The van der Waals surface area contributed by atoms with Crippen LogP contribution in [0.2, 0.25) is 0 Å². The molecule has 1 heterocycles. The van der Waals surface area contributed by atoms with Gasteiger partial charge in [0.05, 0.1) is 13.2 Å². The standard InChI is InChI=1S/C19H29N5O/c1-5-25-17-9-7-6-8-16(17)12-22-19(20-4)23-13-18-21-10-11-24(18)14-15(2)3/h6-11,15H,5,12-14H2,1-4H3,(H2,20,22,23). The molecule has 136 valence electrons. The summed E-state index contributed by atoms with van der Waals surface area (Å²) in [5, 5.41) is 6.65. The fraction of sp³-hybridized carbons (Fsp3) is 0.474. The number of benzene rings is 1. The Morgan fingerprint density at radius 2 is 2.00 bits per heavy atom. The second-order valence-corrected chi connectivity index (χ2v) is 6.21. The molecule has 0 atom stereocenters. The molecule has 6 nitrogen and oxygen atoms in total. The molecule has 0 unspecified atom stereocenters. The first-order valence-electron chi connectivity index (χ1n) is 8.79. The molecule has 1 aromatic carbocycles. The topological polar surface area (TPSA) is 63.5 Å².